The van der Waals surface area contributed by atoms with Gasteiger partial charge in [-0.3, -0.25) is 4.79 Å². The lowest BCUT2D eigenvalue weighted by Crippen LogP contribution is -2.17. The minimum atomic E-state index is -0.352. The fourth-order valence-electron chi connectivity index (χ4n) is 2.69. The third-order valence-electron chi connectivity index (χ3n) is 4.17. The Balaban J connectivity index is 1.66. The van der Waals surface area contributed by atoms with Crippen LogP contribution in [0, 0.1) is 0 Å². The van der Waals surface area contributed by atoms with Crippen molar-refractivity contribution in [2.75, 3.05) is 12.3 Å². The van der Waals surface area contributed by atoms with Crippen LogP contribution >= 0.6 is 23.2 Å². The monoisotopic (exact) mass is 457 g/mol. The summed E-state index contributed by atoms with van der Waals surface area (Å²) in [7, 11) is 0. The molecule has 3 rings (SSSR count). The molecule has 0 saturated carbocycles. The van der Waals surface area contributed by atoms with E-state index in [0.29, 0.717) is 46.0 Å². The van der Waals surface area contributed by atoms with Gasteiger partial charge in [0.2, 0.25) is 0 Å². The number of carbonyl (C=O) groups excluding carboxylic acids is 1. The van der Waals surface area contributed by atoms with E-state index in [-0.39, 0.29) is 5.91 Å². The van der Waals surface area contributed by atoms with Crippen LogP contribution in [0.4, 0.5) is 5.69 Å². The molecule has 0 bridgehead atoms. The quantitative estimate of drug-likeness (QED) is 0.272. The summed E-state index contributed by atoms with van der Waals surface area (Å²) in [5, 5.41) is 4.97. The second kappa shape index (κ2) is 10.7. The number of nitrogen functional groups attached to an aromatic ring is 1. The molecule has 0 unspecified atom stereocenters. The molecule has 3 aromatic carbocycles. The molecule has 6 nitrogen and oxygen atoms in total. The summed E-state index contributed by atoms with van der Waals surface area (Å²) in [6.45, 7) is 2.66. The normalized spacial score (nSPS) is 10.8. The molecule has 0 aliphatic rings. The highest BCUT2D eigenvalue weighted by Crippen LogP contribution is 2.30. The van der Waals surface area contributed by atoms with E-state index < -0.39 is 0 Å². The van der Waals surface area contributed by atoms with Gasteiger partial charge in [0.15, 0.2) is 11.5 Å². The molecule has 3 N–H and O–H groups in total. The maximum absolute atomic E-state index is 12.1. The molecule has 0 radical (unpaired) electrons. The van der Waals surface area contributed by atoms with Crippen LogP contribution in [0.3, 0.4) is 0 Å². The van der Waals surface area contributed by atoms with Crippen molar-refractivity contribution in [1.29, 1.82) is 0 Å². The third-order valence-corrected chi connectivity index (χ3v) is 4.91. The molecule has 31 heavy (non-hydrogen) atoms. The van der Waals surface area contributed by atoms with Crippen LogP contribution in [0.1, 0.15) is 28.4 Å². The minimum absolute atomic E-state index is 0.306. The Hall–Kier alpha value is -3.22. The predicted octanol–water partition coefficient (Wildman–Crippen LogP) is 5.32. The minimum Gasteiger partial charge on any atom is -0.490 e. The van der Waals surface area contributed by atoms with E-state index in [1.807, 2.05) is 19.1 Å². The average molecular weight is 458 g/mol. The molecule has 0 saturated heterocycles. The molecule has 0 aliphatic heterocycles. The highest BCUT2D eigenvalue weighted by molar-refractivity contribution is 6.42. The summed E-state index contributed by atoms with van der Waals surface area (Å²) in [5.74, 6) is 0.790. The first-order valence-electron chi connectivity index (χ1n) is 9.48. The summed E-state index contributed by atoms with van der Waals surface area (Å²) in [4.78, 5) is 12.1. The highest BCUT2D eigenvalue weighted by Gasteiger charge is 2.08. The zero-order valence-corrected chi connectivity index (χ0v) is 18.3. The van der Waals surface area contributed by atoms with Crippen molar-refractivity contribution < 1.29 is 14.3 Å². The zero-order chi connectivity index (χ0) is 22.2. The van der Waals surface area contributed by atoms with Gasteiger partial charge in [0.25, 0.3) is 5.91 Å². The number of carbonyl (C=O) groups is 1. The Morgan fingerprint density at radius 2 is 1.87 bits per heavy atom. The van der Waals surface area contributed by atoms with Crippen molar-refractivity contribution >= 4 is 41.0 Å². The predicted molar refractivity (Wildman–Crippen MR) is 124 cm³/mol. The van der Waals surface area contributed by atoms with Crippen LogP contribution in [-0.4, -0.2) is 18.7 Å². The van der Waals surface area contributed by atoms with Crippen molar-refractivity contribution in [3.8, 4) is 11.5 Å². The van der Waals surface area contributed by atoms with Crippen molar-refractivity contribution in [3.05, 3.63) is 87.4 Å². The molecule has 0 spiro atoms. The number of nitrogens with zero attached hydrogens (tertiary/aromatic N) is 1. The molecule has 160 valence electrons. The maximum atomic E-state index is 12.1. The van der Waals surface area contributed by atoms with Crippen molar-refractivity contribution in [3.63, 3.8) is 0 Å². The fourth-order valence-corrected chi connectivity index (χ4v) is 3.01. The molecular formula is C23H21Cl2N3O3. The first kappa shape index (κ1) is 22.5. The van der Waals surface area contributed by atoms with Crippen LogP contribution in [0.5, 0.6) is 11.5 Å². The molecule has 8 heteroatoms. The second-order valence-corrected chi connectivity index (χ2v) is 7.32. The number of hydrogen-bond acceptors (Lipinski definition) is 5. The zero-order valence-electron chi connectivity index (χ0n) is 16.8. The molecule has 0 atom stereocenters. The topological polar surface area (TPSA) is 85.9 Å². The van der Waals surface area contributed by atoms with Gasteiger partial charge < -0.3 is 15.2 Å². The molecule has 0 fully saturated rings. The Bertz CT molecular complexity index is 1100. The summed E-state index contributed by atoms with van der Waals surface area (Å²) < 4.78 is 11.6. The summed E-state index contributed by atoms with van der Waals surface area (Å²) in [6, 6.07) is 17.4. The lowest BCUT2D eigenvalue weighted by molar-refractivity contribution is 0.0955. The van der Waals surface area contributed by atoms with E-state index in [4.69, 9.17) is 38.4 Å². The van der Waals surface area contributed by atoms with E-state index in [9.17, 15) is 4.79 Å². The van der Waals surface area contributed by atoms with E-state index in [2.05, 4.69) is 10.5 Å². The van der Waals surface area contributed by atoms with Gasteiger partial charge in [-0.25, -0.2) is 5.43 Å². The van der Waals surface area contributed by atoms with E-state index in [1.165, 1.54) is 6.21 Å². The van der Waals surface area contributed by atoms with E-state index >= 15 is 0 Å². The second-order valence-electron chi connectivity index (χ2n) is 6.50. The van der Waals surface area contributed by atoms with Crippen LogP contribution < -0.4 is 20.6 Å². The number of ether oxygens (including phenoxy) is 2. The third kappa shape index (κ3) is 6.38. The van der Waals surface area contributed by atoms with Gasteiger partial charge in [-0.15, -0.1) is 0 Å². The van der Waals surface area contributed by atoms with Crippen LogP contribution in [0.25, 0.3) is 0 Å². The number of nitrogens with one attached hydrogen (secondary N) is 1. The fraction of sp³-hybridized carbons (Fsp3) is 0.130. The van der Waals surface area contributed by atoms with Gasteiger partial charge in [-0.1, -0.05) is 35.3 Å². The SMILES string of the molecule is CCOc1cc(/C=N\NC(=O)c2cccc(N)c2)ccc1OCc1ccc(Cl)c(Cl)c1. The lowest BCUT2D eigenvalue weighted by atomic mass is 10.2. The highest BCUT2D eigenvalue weighted by atomic mass is 35.5. The standard InChI is InChI=1S/C23H21Cl2N3O3/c1-2-30-22-11-15(13-27-28-23(29)17-4-3-5-18(26)12-17)7-9-21(22)31-14-16-6-8-19(24)20(25)10-16/h3-13H,2,14,26H2,1H3,(H,28,29)/b27-13-. The van der Waals surface area contributed by atoms with Gasteiger partial charge >= 0.3 is 0 Å². The number of hydrogen-bond donors (Lipinski definition) is 2. The van der Waals surface area contributed by atoms with E-state index in [0.717, 1.165) is 11.1 Å². The van der Waals surface area contributed by atoms with Gasteiger partial charge in [0.1, 0.15) is 6.61 Å². The van der Waals surface area contributed by atoms with Gasteiger partial charge in [-0.05, 0) is 66.6 Å². The number of rotatable bonds is 8. The Labute approximate surface area is 190 Å². The molecular weight excluding hydrogens is 437 g/mol. The number of amides is 1. The summed E-state index contributed by atoms with van der Waals surface area (Å²) in [6.07, 6.45) is 1.52. The van der Waals surface area contributed by atoms with Crippen molar-refractivity contribution in [2.24, 2.45) is 5.10 Å². The molecule has 1 amide bonds. The summed E-state index contributed by atoms with van der Waals surface area (Å²) in [5.41, 5.74) is 10.7. The Morgan fingerprint density at radius 3 is 2.61 bits per heavy atom. The lowest BCUT2D eigenvalue weighted by Gasteiger charge is -2.13. The average Bonchev–Trinajstić information content (AvgIpc) is 2.75. The van der Waals surface area contributed by atoms with Crippen LogP contribution in [0.2, 0.25) is 10.0 Å². The van der Waals surface area contributed by atoms with Gasteiger partial charge in [0.05, 0.1) is 22.9 Å². The maximum Gasteiger partial charge on any atom is 0.271 e. The number of benzene rings is 3. The largest absolute Gasteiger partial charge is 0.490 e. The number of nitrogens with two attached hydrogens (primary N) is 1. The molecule has 3 aromatic rings. The molecule has 0 heterocycles. The first-order valence-corrected chi connectivity index (χ1v) is 10.2. The van der Waals surface area contributed by atoms with Gasteiger partial charge in [-0.2, -0.15) is 5.10 Å². The Morgan fingerprint density at radius 1 is 1.03 bits per heavy atom. The van der Waals surface area contributed by atoms with Crippen molar-refractivity contribution in [1.82, 2.24) is 5.43 Å². The van der Waals surface area contributed by atoms with Crippen LogP contribution in [0.15, 0.2) is 65.8 Å². The van der Waals surface area contributed by atoms with Crippen LogP contribution in [-0.2, 0) is 6.61 Å². The summed E-state index contributed by atoms with van der Waals surface area (Å²) >= 11 is 12.0. The number of halogens is 2. The van der Waals surface area contributed by atoms with Crippen molar-refractivity contribution in [2.45, 2.75) is 13.5 Å². The number of hydrazone groups is 1. The van der Waals surface area contributed by atoms with Gasteiger partial charge in [0, 0.05) is 11.3 Å². The number of anilines is 1. The smallest absolute Gasteiger partial charge is 0.271 e. The molecule has 0 aliphatic carbocycles. The Kier molecular flexibility index (Phi) is 7.76. The molecule has 0 aromatic heterocycles. The first-order chi connectivity index (χ1) is 15.0. The van der Waals surface area contributed by atoms with E-state index in [1.54, 1.807) is 48.5 Å².